The van der Waals surface area contributed by atoms with Crippen LogP contribution in [0.3, 0.4) is 0 Å². The summed E-state index contributed by atoms with van der Waals surface area (Å²) in [7, 11) is 0. The lowest BCUT2D eigenvalue weighted by Crippen LogP contribution is -2.06. The number of hydrogen-bond acceptors (Lipinski definition) is 9. The molecule has 0 radical (unpaired) electrons. The lowest BCUT2D eigenvalue weighted by atomic mass is 10.1. The zero-order valence-corrected chi connectivity index (χ0v) is 16.0. The number of nitro benzene ring substituents is 1. The zero-order chi connectivity index (χ0) is 19.7. The Kier molecular flexibility index (Phi) is 4.80. The molecule has 0 aliphatic rings. The highest BCUT2D eigenvalue weighted by Gasteiger charge is 2.13. The average Bonchev–Trinajstić information content (AvgIpc) is 3.27. The van der Waals surface area contributed by atoms with Crippen molar-refractivity contribution in [3.63, 3.8) is 0 Å². The first-order chi connectivity index (χ1) is 13.5. The molecule has 0 bridgehead atoms. The monoisotopic (exact) mass is 411 g/mol. The van der Waals surface area contributed by atoms with Gasteiger partial charge in [-0.15, -0.1) is 10.2 Å². The van der Waals surface area contributed by atoms with Crippen LogP contribution in [0.2, 0.25) is 0 Å². The van der Waals surface area contributed by atoms with Crippen LogP contribution in [-0.2, 0) is 17.6 Å². The van der Waals surface area contributed by atoms with E-state index in [2.05, 4.69) is 15.2 Å². The van der Waals surface area contributed by atoms with E-state index in [1.165, 1.54) is 34.8 Å². The molecule has 2 aromatic carbocycles. The molecule has 0 saturated carbocycles. The number of Topliss-reactive ketones (excluding diaryl/α,β-unsaturated/α-hetero) is 1. The smallest absolute Gasteiger partial charge is 0.269 e. The van der Waals surface area contributed by atoms with Gasteiger partial charge in [-0.1, -0.05) is 28.7 Å². The highest BCUT2D eigenvalue weighted by Crippen LogP contribution is 2.27. The van der Waals surface area contributed by atoms with Crippen molar-refractivity contribution in [1.29, 1.82) is 0 Å². The van der Waals surface area contributed by atoms with Gasteiger partial charge >= 0.3 is 0 Å². The molecule has 28 heavy (non-hydrogen) atoms. The maximum atomic E-state index is 12.4. The third kappa shape index (κ3) is 3.87. The molecular weight excluding hydrogens is 398 g/mol. The van der Waals surface area contributed by atoms with Crippen LogP contribution in [-0.4, -0.2) is 25.9 Å². The Morgan fingerprint density at radius 2 is 1.86 bits per heavy atom. The predicted octanol–water partition coefficient (Wildman–Crippen LogP) is 3.66. The largest absolute Gasteiger partial charge is 0.375 e. The lowest BCUT2D eigenvalue weighted by Gasteiger charge is -1.99. The van der Waals surface area contributed by atoms with E-state index in [9.17, 15) is 14.9 Å². The second kappa shape index (κ2) is 7.41. The zero-order valence-electron chi connectivity index (χ0n) is 14.4. The van der Waals surface area contributed by atoms with Crippen LogP contribution >= 0.6 is 22.7 Å². The molecule has 0 spiro atoms. The van der Waals surface area contributed by atoms with Gasteiger partial charge in [0.1, 0.15) is 15.8 Å². The normalized spacial score (nSPS) is 11.0. The van der Waals surface area contributed by atoms with Crippen molar-refractivity contribution in [1.82, 2.24) is 15.2 Å². The number of ketones is 1. The summed E-state index contributed by atoms with van der Waals surface area (Å²) in [6, 6.07) is 11.8. The van der Waals surface area contributed by atoms with Gasteiger partial charge in [0.05, 0.1) is 21.6 Å². The van der Waals surface area contributed by atoms with Crippen LogP contribution in [0.4, 0.5) is 10.8 Å². The molecule has 140 valence electrons. The molecule has 4 rings (SSSR count). The van der Waals surface area contributed by atoms with Gasteiger partial charge in [-0.2, -0.15) is 0 Å². The third-order valence-electron chi connectivity index (χ3n) is 4.01. The minimum absolute atomic E-state index is 0.0170. The van der Waals surface area contributed by atoms with E-state index in [-0.39, 0.29) is 17.9 Å². The number of anilines is 1. The van der Waals surface area contributed by atoms with Gasteiger partial charge in [0.15, 0.2) is 5.13 Å². The van der Waals surface area contributed by atoms with Crippen LogP contribution in [0.15, 0.2) is 42.5 Å². The molecule has 0 aliphatic heterocycles. The topological polar surface area (TPSA) is 125 Å². The number of non-ortho nitro benzene ring substituents is 1. The van der Waals surface area contributed by atoms with Gasteiger partial charge in [-0.05, 0) is 29.8 Å². The van der Waals surface area contributed by atoms with Crippen molar-refractivity contribution in [2.75, 3.05) is 5.73 Å². The molecule has 0 amide bonds. The number of nitrogens with zero attached hydrogens (tertiary/aromatic N) is 4. The molecule has 0 fully saturated rings. The Labute approximate surface area is 166 Å². The van der Waals surface area contributed by atoms with E-state index in [1.54, 1.807) is 12.1 Å². The second-order valence-corrected chi connectivity index (χ2v) is 8.18. The molecule has 0 unspecified atom stereocenters. The van der Waals surface area contributed by atoms with E-state index in [0.29, 0.717) is 21.6 Å². The van der Waals surface area contributed by atoms with Gasteiger partial charge in [0, 0.05) is 24.1 Å². The minimum atomic E-state index is -0.452. The Morgan fingerprint density at radius 3 is 2.61 bits per heavy atom. The van der Waals surface area contributed by atoms with Gasteiger partial charge in [0.2, 0.25) is 0 Å². The molecule has 2 heterocycles. The van der Waals surface area contributed by atoms with Gasteiger partial charge in [0.25, 0.3) is 5.69 Å². The van der Waals surface area contributed by atoms with Crippen molar-refractivity contribution in [3.05, 3.63) is 63.1 Å². The average molecular weight is 411 g/mol. The number of fused-ring (bicyclic) bond motifs is 1. The number of rotatable bonds is 6. The van der Waals surface area contributed by atoms with E-state index in [1.807, 2.05) is 18.2 Å². The summed E-state index contributed by atoms with van der Waals surface area (Å²) < 4.78 is 0.958. The fourth-order valence-corrected chi connectivity index (χ4v) is 4.39. The van der Waals surface area contributed by atoms with Crippen LogP contribution < -0.4 is 5.73 Å². The number of carbonyl (C=O) groups is 1. The van der Waals surface area contributed by atoms with Crippen molar-refractivity contribution in [2.45, 2.75) is 12.8 Å². The van der Waals surface area contributed by atoms with Crippen molar-refractivity contribution in [2.24, 2.45) is 0 Å². The molecule has 4 aromatic rings. The Balaban J connectivity index is 1.43. The Hall–Kier alpha value is -3.24. The number of nitrogen functional groups attached to an aromatic ring is 1. The molecule has 2 N–H and O–H groups in total. The van der Waals surface area contributed by atoms with Crippen LogP contribution in [0.5, 0.6) is 0 Å². The molecule has 8 nitrogen and oxygen atoms in total. The first kappa shape index (κ1) is 18.1. The summed E-state index contributed by atoms with van der Waals surface area (Å²) in [6.07, 6.45) is 0.480. The minimum Gasteiger partial charge on any atom is -0.375 e. The van der Waals surface area contributed by atoms with E-state index >= 15 is 0 Å². The van der Waals surface area contributed by atoms with E-state index in [0.717, 1.165) is 21.3 Å². The summed E-state index contributed by atoms with van der Waals surface area (Å²) in [5.41, 5.74) is 8.19. The summed E-state index contributed by atoms with van der Waals surface area (Å²) in [5.74, 6) is 0.0308. The number of hydrogen-bond donors (Lipinski definition) is 1. The highest BCUT2D eigenvalue weighted by molar-refractivity contribution is 7.22. The third-order valence-corrected chi connectivity index (χ3v) is 5.83. The summed E-state index contributed by atoms with van der Waals surface area (Å²) in [6.45, 7) is 0. The summed E-state index contributed by atoms with van der Waals surface area (Å²) in [5, 5.41) is 20.6. The number of nitrogens with two attached hydrogens (primary N) is 1. The Morgan fingerprint density at radius 1 is 1.07 bits per heavy atom. The van der Waals surface area contributed by atoms with Crippen molar-refractivity contribution >= 4 is 49.5 Å². The second-order valence-electron chi connectivity index (χ2n) is 6.05. The highest BCUT2D eigenvalue weighted by atomic mass is 32.1. The number of benzene rings is 2. The van der Waals surface area contributed by atoms with Crippen LogP contribution in [0.1, 0.15) is 10.6 Å². The maximum Gasteiger partial charge on any atom is 0.269 e. The predicted molar refractivity (Wildman–Crippen MR) is 108 cm³/mol. The maximum absolute atomic E-state index is 12.4. The first-order valence-electron chi connectivity index (χ1n) is 8.22. The number of carbonyl (C=O) groups excluding carboxylic acids is 1. The van der Waals surface area contributed by atoms with Gasteiger partial charge < -0.3 is 5.73 Å². The van der Waals surface area contributed by atoms with Gasteiger partial charge in [-0.25, -0.2) is 4.98 Å². The Bertz CT molecular complexity index is 1180. The van der Waals surface area contributed by atoms with E-state index in [4.69, 9.17) is 5.73 Å². The standard InChI is InChI=1S/C18H13N5O3S2/c19-18-20-14-6-1-10(8-15(14)27-18)7-13(24)9-16-21-22-17(28-16)11-2-4-12(5-3-11)23(25)26/h1-6,8H,7,9H2,(H2,19,20). The SMILES string of the molecule is Nc1nc2ccc(CC(=O)Cc3nnc(-c4ccc([N+](=O)[O-])cc4)s3)cc2s1. The first-order valence-corrected chi connectivity index (χ1v) is 9.85. The quantitative estimate of drug-likeness (QED) is 0.379. The molecular formula is C18H13N5O3S2. The molecule has 0 atom stereocenters. The fourth-order valence-electron chi connectivity index (χ4n) is 2.72. The fraction of sp³-hybridized carbons (Fsp3) is 0.111. The molecule has 0 aliphatic carbocycles. The van der Waals surface area contributed by atoms with Crippen LogP contribution in [0.25, 0.3) is 20.8 Å². The number of aromatic nitrogens is 3. The number of thiazole rings is 1. The molecule has 0 saturated heterocycles. The summed E-state index contributed by atoms with van der Waals surface area (Å²) in [4.78, 5) is 26.9. The number of nitro groups is 1. The van der Waals surface area contributed by atoms with Crippen LogP contribution in [0, 0.1) is 10.1 Å². The van der Waals surface area contributed by atoms with E-state index < -0.39 is 4.92 Å². The van der Waals surface area contributed by atoms with Crippen molar-refractivity contribution in [3.8, 4) is 10.6 Å². The van der Waals surface area contributed by atoms with Gasteiger partial charge in [-0.3, -0.25) is 14.9 Å². The molecule has 10 heteroatoms. The lowest BCUT2D eigenvalue weighted by molar-refractivity contribution is -0.384. The molecule has 2 aromatic heterocycles. The summed E-state index contributed by atoms with van der Waals surface area (Å²) >= 11 is 2.70. The van der Waals surface area contributed by atoms with Crippen molar-refractivity contribution < 1.29 is 9.72 Å².